The van der Waals surface area contributed by atoms with Crippen LogP contribution in [0.5, 0.6) is 0 Å². The van der Waals surface area contributed by atoms with Crippen molar-refractivity contribution in [2.45, 2.75) is 50.8 Å². The number of nitriles is 1. The van der Waals surface area contributed by atoms with E-state index in [4.69, 9.17) is 10.00 Å². The van der Waals surface area contributed by atoms with Gasteiger partial charge in [-0.1, -0.05) is 54.6 Å². The molecule has 0 spiro atoms. The zero-order valence-corrected chi connectivity index (χ0v) is 22.0. The van der Waals surface area contributed by atoms with Gasteiger partial charge in [0.2, 0.25) is 21.8 Å². The Balaban J connectivity index is 1.71. The molecule has 1 unspecified atom stereocenters. The van der Waals surface area contributed by atoms with Crippen LogP contribution < -0.4 is 10.0 Å². The number of hydrogen-bond acceptors (Lipinski definition) is 6. The second kappa shape index (κ2) is 12.1. The van der Waals surface area contributed by atoms with Gasteiger partial charge in [-0.05, 0) is 44.0 Å². The highest BCUT2D eigenvalue weighted by Crippen LogP contribution is 2.16. The third-order valence-corrected chi connectivity index (χ3v) is 6.92. The molecule has 10 heteroatoms. The first-order valence-corrected chi connectivity index (χ1v) is 13.5. The summed E-state index contributed by atoms with van der Waals surface area (Å²) in [6.45, 7) is 5.63. The number of benzene rings is 2. The van der Waals surface area contributed by atoms with E-state index in [0.717, 1.165) is 5.56 Å². The van der Waals surface area contributed by atoms with Crippen LogP contribution in [0.15, 0.2) is 66.7 Å². The predicted molar refractivity (Wildman–Crippen MR) is 139 cm³/mol. The molecule has 0 saturated carbocycles. The molecule has 2 aromatic carbocycles. The van der Waals surface area contributed by atoms with E-state index in [1.807, 2.05) is 26.8 Å². The lowest BCUT2D eigenvalue weighted by Crippen LogP contribution is -2.55. The molecule has 37 heavy (non-hydrogen) atoms. The molecule has 3 rings (SSSR count). The molecule has 2 N–H and O–H groups in total. The smallest absolute Gasteiger partial charge is 0.247 e. The van der Waals surface area contributed by atoms with Gasteiger partial charge in [-0.2, -0.15) is 5.26 Å². The number of amides is 2. The van der Waals surface area contributed by atoms with Gasteiger partial charge in [0.15, 0.2) is 0 Å². The standard InChI is InChI=1S/C27H32N4O5S/c1-27(2,3)36-18-23(30-37(34,35)19-22-8-5-4-6-9-22)26(33)31-15-7-10-24(31)25(32)29-17-21-13-11-20(16-28)12-14-21/h4-14,23-24,30H,15,17-19H2,1-3H3,(H,29,32)/t23-,24?/m1/s1. The Morgan fingerprint density at radius 1 is 1.11 bits per heavy atom. The molecule has 2 atom stereocenters. The summed E-state index contributed by atoms with van der Waals surface area (Å²) in [5, 5.41) is 11.7. The molecule has 1 aliphatic heterocycles. The Bertz CT molecular complexity index is 1260. The highest BCUT2D eigenvalue weighted by atomic mass is 32.2. The molecule has 196 valence electrons. The Morgan fingerprint density at radius 2 is 1.78 bits per heavy atom. The zero-order chi connectivity index (χ0) is 27.1. The molecule has 0 radical (unpaired) electrons. The first-order chi connectivity index (χ1) is 17.5. The molecule has 0 aromatic heterocycles. The van der Waals surface area contributed by atoms with E-state index in [1.54, 1.807) is 66.7 Å². The van der Waals surface area contributed by atoms with E-state index in [2.05, 4.69) is 10.0 Å². The van der Waals surface area contributed by atoms with Crippen molar-refractivity contribution < 1.29 is 22.7 Å². The fraction of sp³-hybridized carbons (Fsp3) is 0.370. The van der Waals surface area contributed by atoms with Crippen LogP contribution in [0, 0.1) is 11.3 Å². The minimum atomic E-state index is -3.89. The number of nitrogens with one attached hydrogen (secondary N) is 2. The monoisotopic (exact) mass is 524 g/mol. The van der Waals surface area contributed by atoms with Crippen molar-refractivity contribution in [3.05, 3.63) is 83.4 Å². The Kier molecular flexibility index (Phi) is 9.21. The summed E-state index contributed by atoms with van der Waals surface area (Å²) in [5.74, 6) is -1.24. The number of carbonyl (C=O) groups is 2. The summed E-state index contributed by atoms with van der Waals surface area (Å²) in [4.78, 5) is 27.8. The van der Waals surface area contributed by atoms with Crippen LogP contribution in [0.25, 0.3) is 0 Å². The average Bonchev–Trinajstić information content (AvgIpc) is 3.35. The Hall–Kier alpha value is -3.52. The molecular weight excluding hydrogens is 492 g/mol. The predicted octanol–water partition coefficient (Wildman–Crippen LogP) is 2.24. The number of ether oxygens (including phenoxy) is 1. The SMILES string of the molecule is CC(C)(C)OC[C@@H](NS(=O)(=O)Cc1ccccc1)C(=O)N1CC=CC1C(=O)NCc1ccc(C#N)cc1. The summed E-state index contributed by atoms with van der Waals surface area (Å²) in [6, 6.07) is 15.4. The van der Waals surface area contributed by atoms with E-state index in [9.17, 15) is 18.0 Å². The van der Waals surface area contributed by atoms with Crippen molar-refractivity contribution in [2.75, 3.05) is 13.2 Å². The topological polar surface area (TPSA) is 129 Å². The molecule has 9 nitrogen and oxygen atoms in total. The third kappa shape index (κ3) is 8.53. The molecule has 0 saturated heterocycles. The van der Waals surface area contributed by atoms with Crippen molar-refractivity contribution in [2.24, 2.45) is 0 Å². The molecule has 0 fully saturated rings. The van der Waals surface area contributed by atoms with Crippen molar-refractivity contribution in [3.63, 3.8) is 0 Å². The van der Waals surface area contributed by atoms with E-state index < -0.39 is 39.5 Å². The van der Waals surface area contributed by atoms with Gasteiger partial charge < -0.3 is 15.0 Å². The minimum Gasteiger partial charge on any atom is -0.374 e. The van der Waals surface area contributed by atoms with Crippen LogP contribution in [0.1, 0.15) is 37.5 Å². The van der Waals surface area contributed by atoms with Crippen LogP contribution in [-0.4, -0.2) is 56.0 Å². The van der Waals surface area contributed by atoms with Gasteiger partial charge in [0, 0.05) is 13.1 Å². The van der Waals surface area contributed by atoms with Gasteiger partial charge in [0.05, 0.1) is 29.6 Å². The van der Waals surface area contributed by atoms with E-state index in [0.29, 0.717) is 11.1 Å². The van der Waals surface area contributed by atoms with Crippen LogP contribution >= 0.6 is 0 Å². The van der Waals surface area contributed by atoms with Gasteiger partial charge >= 0.3 is 0 Å². The van der Waals surface area contributed by atoms with Crippen molar-refractivity contribution >= 4 is 21.8 Å². The second-order valence-electron chi connectivity index (χ2n) is 9.73. The first kappa shape index (κ1) is 28.1. The fourth-order valence-corrected chi connectivity index (χ4v) is 5.03. The molecule has 2 aromatic rings. The Labute approximate surface area is 218 Å². The molecule has 1 aliphatic rings. The van der Waals surface area contributed by atoms with Gasteiger partial charge in [-0.15, -0.1) is 0 Å². The number of rotatable bonds is 10. The van der Waals surface area contributed by atoms with E-state index in [-0.39, 0.29) is 25.4 Å². The lowest BCUT2D eigenvalue weighted by molar-refractivity contribution is -0.141. The summed E-state index contributed by atoms with van der Waals surface area (Å²) in [5.41, 5.74) is 1.30. The van der Waals surface area contributed by atoms with Crippen molar-refractivity contribution in [3.8, 4) is 6.07 Å². The average molecular weight is 525 g/mol. The van der Waals surface area contributed by atoms with Crippen LogP contribution in [-0.2, 0) is 36.6 Å². The molecule has 2 amide bonds. The van der Waals surface area contributed by atoms with Crippen LogP contribution in [0.4, 0.5) is 0 Å². The number of carbonyl (C=O) groups excluding carboxylic acids is 2. The Morgan fingerprint density at radius 3 is 2.41 bits per heavy atom. The lowest BCUT2D eigenvalue weighted by Gasteiger charge is -2.30. The maximum atomic E-state index is 13.5. The maximum Gasteiger partial charge on any atom is 0.247 e. The first-order valence-electron chi connectivity index (χ1n) is 11.9. The largest absolute Gasteiger partial charge is 0.374 e. The summed E-state index contributed by atoms with van der Waals surface area (Å²) >= 11 is 0. The normalized spacial score (nSPS) is 16.3. The van der Waals surface area contributed by atoms with Gasteiger partial charge in [-0.25, -0.2) is 13.1 Å². The minimum absolute atomic E-state index is 0.167. The highest BCUT2D eigenvalue weighted by Gasteiger charge is 2.36. The van der Waals surface area contributed by atoms with Crippen molar-refractivity contribution in [1.29, 1.82) is 5.26 Å². The summed E-state index contributed by atoms with van der Waals surface area (Å²) in [6.07, 6.45) is 3.32. The van der Waals surface area contributed by atoms with Gasteiger partial charge in [0.1, 0.15) is 12.1 Å². The quantitative estimate of drug-likeness (QED) is 0.459. The zero-order valence-electron chi connectivity index (χ0n) is 21.2. The molecule has 0 aliphatic carbocycles. The number of nitrogens with zero attached hydrogens (tertiary/aromatic N) is 2. The molecule has 0 bridgehead atoms. The van der Waals surface area contributed by atoms with Gasteiger partial charge in [-0.3, -0.25) is 9.59 Å². The summed E-state index contributed by atoms with van der Waals surface area (Å²) < 4.78 is 34.1. The number of hydrogen-bond donors (Lipinski definition) is 2. The second-order valence-corrected chi connectivity index (χ2v) is 11.5. The lowest BCUT2D eigenvalue weighted by atomic mass is 10.1. The maximum absolute atomic E-state index is 13.5. The van der Waals surface area contributed by atoms with E-state index >= 15 is 0 Å². The molecule has 1 heterocycles. The highest BCUT2D eigenvalue weighted by molar-refractivity contribution is 7.88. The van der Waals surface area contributed by atoms with Crippen LogP contribution in [0.2, 0.25) is 0 Å². The van der Waals surface area contributed by atoms with Crippen LogP contribution in [0.3, 0.4) is 0 Å². The fourth-order valence-electron chi connectivity index (χ4n) is 3.71. The number of sulfonamides is 1. The van der Waals surface area contributed by atoms with Gasteiger partial charge in [0.25, 0.3) is 0 Å². The van der Waals surface area contributed by atoms with E-state index in [1.165, 1.54) is 4.90 Å². The third-order valence-electron chi connectivity index (χ3n) is 5.56. The molecular formula is C27H32N4O5S. The summed E-state index contributed by atoms with van der Waals surface area (Å²) in [7, 11) is -3.89. The van der Waals surface area contributed by atoms with Crippen molar-refractivity contribution in [1.82, 2.24) is 14.9 Å².